The van der Waals surface area contributed by atoms with Crippen LogP contribution in [0, 0.1) is 0 Å². The van der Waals surface area contributed by atoms with E-state index in [2.05, 4.69) is 93.7 Å². The van der Waals surface area contributed by atoms with Gasteiger partial charge >= 0.3 is 17.9 Å². The van der Waals surface area contributed by atoms with Gasteiger partial charge in [0, 0.05) is 19.3 Å². The SMILES string of the molecule is CC/C=C\C/C=C\C/C=C\C/C=C\CCCCCCCCCCCCCCCCCCCCCCC(=O)OCC(COC(=O)CCCCCCCC)OC(=O)CCCCCCCCCCC/C=C\C/C=C\CCCCC. The summed E-state index contributed by atoms with van der Waals surface area (Å²) in [5.74, 6) is -0.870. The number of hydrogen-bond acceptors (Lipinski definition) is 6. The van der Waals surface area contributed by atoms with Gasteiger partial charge in [-0.05, 0) is 89.9 Å². The number of allylic oxidation sites excluding steroid dienone is 12. The van der Waals surface area contributed by atoms with E-state index in [9.17, 15) is 14.4 Å². The summed E-state index contributed by atoms with van der Waals surface area (Å²) in [5.41, 5.74) is 0. The van der Waals surface area contributed by atoms with Crippen molar-refractivity contribution in [2.75, 3.05) is 13.2 Å². The standard InChI is InChI=1S/C70H124O6/c1-4-7-10-13-16-18-20-22-24-26-28-29-30-31-32-33-34-35-36-37-38-39-40-41-43-44-46-48-50-52-54-57-60-63-69(72)75-66-67(65-74-68(71)62-59-56-15-12-9-6-3)76-70(73)64-61-58-55-53-51-49-47-45-42-27-25-23-21-19-17-14-11-8-5-2/h7,10,16-19,22-25,28-29,67H,4-6,8-9,11-15,20-21,26-27,30-66H2,1-3H3/b10-7-,18-16-,19-17-,24-22-,25-23-,29-28-. The summed E-state index contributed by atoms with van der Waals surface area (Å²) in [7, 11) is 0. The van der Waals surface area contributed by atoms with Crippen LogP contribution >= 0.6 is 0 Å². The Morgan fingerprint density at radius 3 is 0.829 bits per heavy atom. The molecule has 6 heteroatoms. The summed E-state index contributed by atoms with van der Waals surface area (Å²) in [6.07, 6.45) is 83.9. The topological polar surface area (TPSA) is 78.9 Å². The second-order valence-electron chi connectivity index (χ2n) is 22.0. The van der Waals surface area contributed by atoms with Crippen LogP contribution in [0.15, 0.2) is 72.9 Å². The number of hydrogen-bond donors (Lipinski definition) is 0. The molecule has 0 aliphatic rings. The molecule has 0 radical (unpaired) electrons. The predicted octanol–water partition coefficient (Wildman–Crippen LogP) is 22.5. The molecule has 0 saturated carbocycles. The van der Waals surface area contributed by atoms with E-state index in [1.807, 2.05) is 0 Å². The minimum Gasteiger partial charge on any atom is -0.462 e. The molecule has 76 heavy (non-hydrogen) atoms. The Bertz CT molecular complexity index is 1400. The van der Waals surface area contributed by atoms with Crippen molar-refractivity contribution >= 4 is 17.9 Å². The first-order chi connectivity index (χ1) is 37.5. The summed E-state index contributed by atoms with van der Waals surface area (Å²) < 4.78 is 16.8. The Morgan fingerprint density at radius 2 is 0.513 bits per heavy atom. The number of ether oxygens (including phenoxy) is 3. The Labute approximate surface area is 472 Å². The quantitative estimate of drug-likeness (QED) is 0.0261. The van der Waals surface area contributed by atoms with Crippen molar-refractivity contribution in [3.63, 3.8) is 0 Å². The second kappa shape index (κ2) is 64.4. The molecule has 0 bridgehead atoms. The highest BCUT2D eigenvalue weighted by Gasteiger charge is 2.19. The van der Waals surface area contributed by atoms with E-state index < -0.39 is 6.10 Å². The molecule has 0 aromatic rings. The first-order valence-corrected chi connectivity index (χ1v) is 32.9. The second-order valence-corrected chi connectivity index (χ2v) is 22.0. The van der Waals surface area contributed by atoms with Gasteiger partial charge in [0.1, 0.15) is 13.2 Å². The fourth-order valence-corrected chi connectivity index (χ4v) is 9.53. The third-order valence-electron chi connectivity index (χ3n) is 14.4. The molecule has 1 atom stereocenters. The van der Waals surface area contributed by atoms with Gasteiger partial charge in [-0.3, -0.25) is 14.4 Å². The van der Waals surface area contributed by atoms with Gasteiger partial charge in [-0.15, -0.1) is 0 Å². The van der Waals surface area contributed by atoms with Gasteiger partial charge in [0.25, 0.3) is 0 Å². The lowest BCUT2D eigenvalue weighted by molar-refractivity contribution is -0.167. The van der Waals surface area contributed by atoms with Crippen LogP contribution in [0.2, 0.25) is 0 Å². The fraction of sp³-hybridized carbons (Fsp3) is 0.786. The van der Waals surface area contributed by atoms with Crippen molar-refractivity contribution in [3.8, 4) is 0 Å². The molecule has 0 spiro atoms. The molecule has 0 heterocycles. The van der Waals surface area contributed by atoms with Gasteiger partial charge in [-0.25, -0.2) is 0 Å². The van der Waals surface area contributed by atoms with Crippen molar-refractivity contribution in [1.82, 2.24) is 0 Å². The largest absolute Gasteiger partial charge is 0.462 e. The third-order valence-corrected chi connectivity index (χ3v) is 14.4. The number of esters is 3. The summed E-state index contributed by atoms with van der Waals surface area (Å²) in [6, 6.07) is 0. The molecule has 0 aliphatic carbocycles. The van der Waals surface area contributed by atoms with Crippen molar-refractivity contribution in [2.45, 2.75) is 341 Å². The van der Waals surface area contributed by atoms with E-state index in [0.29, 0.717) is 19.3 Å². The predicted molar refractivity (Wildman–Crippen MR) is 330 cm³/mol. The van der Waals surface area contributed by atoms with E-state index in [-0.39, 0.29) is 31.1 Å². The van der Waals surface area contributed by atoms with Crippen LogP contribution in [-0.2, 0) is 28.6 Å². The minimum atomic E-state index is -0.772. The average molecular weight is 1060 g/mol. The molecule has 1 unspecified atom stereocenters. The monoisotopic (exact) mass is 1060 g/mol. The zero-order chi connectivity index (χ0) is 55.0. The molecule has 0 aromatic heterocycles. The normalized spacial score (nSPS) is 12.5. The maximum atomic E-state index is 12.8. The van der Waals surface area contributed by atoms with Gasteiger partial charge in [0.15, 0.2) is 6.10 Å². The lowest BCUT2D eigenvalue weighted by Gasteiger charge is -2.18. The van der Waals surface area contributed by atoms with E-state index >= 15 is 0 Å². The molecule has 0 aliphatic heterocycles. The molecule has 440 valence electrons. The molecule has 0 saturated heterocycles. The van der Waals surface area contributed by atoms with E-state index in [1.165, 1.54) is 205 Å². The Kier molecular flexibility index (Phi) is 61.7. The highest BCUT2D eigenvalue weighted by molar-refractivity contribution is 5.71. The van der Waals surface area contributed by atoms with Crippen molar-refractivity contribution in [2.24, 2.45) is 0 Å². The molecule has 0 aromatic carbocycles. The molecular weight excluding hydrogens is 937 g/mol. The fourth-order valence-electron chi connectivity index (χ4n) is 9.53. The van der Waals surface area contributed by atoms with Crippen LogP contribution in [0.25, 0.3) is 0 Å². The van der Waals surface area contributed by atoms with Crippen molar-refractivity contribution in [3.05, 3.63) is 72.9 Å². The Hall–Kier alpha value is -3.15. The summed E-state index contributed by atoms with van der Waals surface area (Å²) in [5, 5.41) is 0. The molecule has 0 amide bonds. The highest BCUT2D eigenvalue weighted by Crippen LogP contribution is 2.17. The van der Waals surface area contributed by atoms with Crippen LogP contribution in [0.1, 0.15) is 335 Å². The number of rotatable bonds is 60. The van der Waals surface area contributed by atoms with Gasteiger partial charge in [0.05, 0.1) is 0 Å². The molecule has 0 fully saturated rings. The zero-order valence-corrected chi connectivity index (χ0v) is 50.5. The van der Waals surface area contributed by atoms with Crippen LogP contribution in [0.5, 0.6) is 0 Å². The van der Waals surface area contributed by atoms with Crippen molar-refractivity contribution in [1.29, 1.82) is 0 Å². The molecule has 0 rings (SSSR count). The maximum Gasteiger partial charge on any atom is 0.306 e. The Morgan fingerprint density at radius 1 is 0.276 bits per heavy atom. The van der Waals surface area contributed by atoms with E-state index in [0.717, 1.165) is 89.9 Å². The molecule has 0 N–H and O–H groups in total. The maximum absolute atomic E-state index is 12.8. The van der Waals surface area contributed by atoms with E-state index in [1.54, 1.807) is 0 Å². The van der Waals surface area contributed by atoms with Crippen LogP contribution in [-0.4, -0.2) is 37.2 Å². The lowest BCUT2D eigenvalue weighted by atomic mass is 10.0. The van der Waals surface area contributed by atoms with Gasteiger partial charge in [-0.2, -0.15) is 0 Å². The number of unbranched alkanes of at least 4 members (excludes halogenated alkanes) is 37. The minimum absolute atomic E-state index is 0.0724. The summed E-state index contributed by atoms with van der Waals surface area (Å²) in [6.45, 7) is 6.48. The molecule has 6 nitrogen and oxygen atoms in total. The smallest absolute Gasteiger partial charge is 0.306 e. The van der Waals surface area contributed by atoms with Crippen LogP contribution in [0.3, 0.4) is 0 Å². The third kappa shape index (κ3) is 61.7. The van der Waals surface area contributed by atoms with Gasteiger partial charge in [0.2, 0.25) is 0 Å². The first kappa shape index (κ1) is 72.8. The van der Waals surface area contributed by atoms with E-state index in [4.69, 9.17) is 14.2 Å². The van der Waals surface area contributed by atoms with Crippen LogP contribution < -0.4 is 0 Å². The van der Waals surface area contributed by atoms with Gasteiger partial charge < -0.3 is 14.2 Å². The zero-order valence-electron chi connectivity index (χ0n) is 50.5. The van der Waals surface area contributed by atoms with Crippen LogP contribution in [0.4, 0.5) is 0 Å². The van der Waals surface area contributed by atoms with Gasteiger partial charge in [-0.1, -0.05) is 299 Å². The first-order valence-electron chi connectivity index (χ1n) is 32.9. The number of carbonyl (C=O) groups excluding carboxylic acids is 3. The van der Waals surface area contributed by atoms with Crippen molar-refractivity contribution < 1.29 is 28.6 Å². The Balaban J connectivity index is 3.97. The molecular formula is C70H124O6. The summed E-state index contributed by atoms with van der Waals surface area (Å²) >= 11 is 0. The number of carbonyl (C=O) groups is 3. The average Bonchev–Trinajstić information content (AvgIpc) is 3.42. The lowest BCUT2D eigenvalue weighted by Crippen LogP contribution is -2.30. The highest BCUT2D eigenvalue weighted by atomic mass is 16.6. The summed E-state index contributed by atoms with van der Waals surface area (Å²) in [4.78, 5) is 38.0.